The zero-order valence-electron chi connectivity index (χ0n) is 15.4. The molecule has 0 bridgehead atoms. The first-order valence-electron chi connectivity index (χ1n) is 8.55. The molecule has 2 rings (SSSR count). The highest BCUT2D eigenvalue weighted by Crippen LogP contribution is 2.37. The van der Waals surface area contributed by atoms with Crippen LogP contribution >= 0.6 is 58.0 Å². The fraction of sp³-hybridized carbons (Fsp3) is 0.250. The normalized spacial score (nSPS) is 11.2. The molecule has 0 fully saturated rings. The van der Waals surface area contributed by atoms with Crippen molar-refractivity contribution < 1.29 is 14.3 Å². The number of hydrogen-bond acceptors (Lipinski definition) is 4. The third kappa shape index (κ3) is 8.53. The van der Waals surface area contributed by atoms with Crippen LogP contribution in [-0.2, 0) is 4.84 Å². The van der Waals surface area contributed by atoms with Crippen LogP contribution in [0.1, 0.15) is 18.9 Å². The van der Waals surface area contributed by atoms with Crippen LogP contribution in [0, 0.1) is 0 Å². The summed E-state index contributed by atoms with van der Waals surface area (Å²) in [6, 6.07) is 10.6. The van der Waals surface area contributed by atoms with E-state index in [9.17, 15) is 0 Å². The van der Waals surface area contributed by atoms with Crippen LogP contribution < -0.4 is 9.47 Å². The van der Waals surface area contributed by atoms with E-state index in [0.29, 0.717) is 46.2 Å². The lowest BCUT2D eigenvalue weighted by Crippen LogP contribution is -2.04. The fourth-order valence-corrected chi connectivity index (χ4v) is 2.97. The molecule has 0 saturated carbocycles. The zero-order chi connectivity index (χ0) is 21.2. The molecule has 0 aromatic heterocycles. The molecule has 0 radical (unpaired) electrons. The second-order valence-corrected chi connectivity index (χ2v) is 8.00. The number of nitrogens with zero attached hydrogens (tertiary/aromatic N) is 1. The summed E-state index contributed by atoms with van der Waals surface area (Å²) in [5, 5.41) is 5.43. The van der Waals surface area contributed by atoms with Crippen molar-refractivity contribution in [2.75, 3.05) is 19.8 Å². The Morgan fingerprint density at radius 1 is 0.966 bits per heavy atom. The molecule has 0 aliphatic carbocycles. The molecular formula is C20H18Cl5NO3. The topological polar surface area (TPSA) is 40.0 Å². The predicted molar refractivity (Wildman–Crippen MR) is 121 cm³/mol. The molecule has 2 aromatic carbocycles. The molecule has 0 N–H and O–H groups in total. The van der Waals surface area contributed by atoms with Gasteiger partial charge in [0.1, 0.15) is 23.5 Å². The highest BCUT2D eigenvalue weighted by Gasteiger charge is 2.10. The lowest BCUT2D eigenvalue weighted by atomic mass is 10.1. The summed E-state index contributed by atoms with van der Waals surface area (Å²) >= 11 is 29.4. The molecule has 0 aliphatic heterocycles. The van der Waals surface area contributed by atoms with Gasteiger partial charge in [0.05, 0.1) is 22.4 Å². The van der Waals surface area contributed by atoms with Gasteiger partial charge in [-0.2, -0.15) is 0 Å². The molecule has 0 unspecified atom stereocenters. The minimum atomic E-state index is 0.122. The van der Waals surface area contributed by atoms with E-state index in [-0.39, 0.29) is 11.1 Å². The summed E-state index contributed by atoms with van der Waals surface area (Å²) in [6.45, 7) is 2.80. The molecule has 0 heterocycles. The molecule has 4 nitrogen and oxygen atoms in total. The summed E-state index contributed by atoms with van der Waals surface area (Å²) in [6.07, 6.45) is 2.10. The number of rotatable bonds is 10. The van der Waals surface area contributed by atoms with E-state index in [0.717, 1.165) is 11.3 Å². The Bertz CT molecular complexity index is 842. The maximum absolute atomic E-state index is 6.22. The van der Waals surface area contributed by atoms with Crippen molar-refractivity contribution in [1.82, 2.24) is 0 Å². The Labute approximate surface area is 194 Å². The van der Waals surface area contributed by atoms with Gasteiger partial charge in [0.2, 0.25) is 0 Å². The Morgan fingerprint density at radius 3 is 2.24 bits per heavy atom. The van der Waals surface area contributed by atoms with Gasteiger partial charge in [-0.25, -0.2) is 0 Å². The quantitative estimate of drug-likeness (QED) is 0.193. The van der Waals surface area contributed by atoms with Crippen molar-refractivity contribution >= 4 is 63.7 Å². The van der Waals surface area contributed by atoms with Crippen LogP contribution in [-0.4, -0.2) is 25.5 Å². The van der Waals surface area contributed by atoms with E-state index in [1.165, 1.54) is 6.08 Å². The van der Waals surface area contributed by atoms with Crippen LogP contribution in [0.4, 0.5) is 0 Å². The third-order valence-electron chi connectivity index (χ3n) is 3.55. The third-order valence-corrected chi connectivity index (χ3v) is 4.67. The predicted octanol–water partition coefficient (Wildman–Crippen LogP) is 7.55. The van der Waals surface area contributed by atoms with Gasteiger partial charge in [0.15, 0.2) is 5.75 Å². The largest absolute Gasteiger partial charge is 0.490 e. The van der Waals surface area contributed by atoms with Gasteiger partial charge in [-0.1, -0.05) is 75.3 Å². The molecule has 29 heavy (non-hydrogen) atoms. The first kappa shape index (κ1) is 24.0. The number of ether oxygens (including phenoxy) is 2. The average molecular weight is 498 g/mol. The molecule has 9 heteroatoms. The maximum atomic E-state index is 6.22. The molecule has 0 amide bonds. The van der Waals surface area contributed by atoms with E-state index in [4.69, 9.17) is 72.3 Å². The highest BCUT2D eigenvalue weighted by molar-refractivity contribution is 6.55. The van der Waals surface area contributed by atoms with Crippen molar-refractivity contribution in [3.63, 3.8) is 0 Å². The van der Waals surface area contributed by atoms with Gasteiger partial charge in [-0.15, -0.1) is 0 Å². The second-order valence-electron chi connectivity index (χ2n) is 5.74. The smallest absolute Gasteiger partial charge is 0.156 e. The lowest BCUT2D eigenvalue weighted by Gasteiger charge is -2.12. The van der Waals surface area contributed by atoms with Crippen LogP contribution in [0.2, 0.25) is 15.1 Å². The summed E-state index contributed by atoms with van der Waals surface area (Å²) in [5.41, 5.74) is 1.70. The van der Waals surface area contributed by atoms with Gasteiger partial charge < -0.3 is 14.3 Å². The number of benzene rings is 2. The molecule has 0 spiro atoms. The SMILES string of the molecule is CC(=NOCCCOc1c(Cl)cc(OCC=C(Cl)Cl)cc1Cl)c1ccc(Cl)cc1. The minimum absolute atomic E-state index is 0.122. The Balaban J connectivity index is 1.77. The summed E-state index contributed by atoms with van der Waals surface area (Å²) in [4.78, 5) is 5.32. The maximum Gasteiger partial charge on any atom is 0.156 e. The van der Waals surface area contributed by atoms with Gasteiger partial charge in [0.25, 0.3) is 0 Å². The number of halogens is 5. The fourth-order valence-electron chi connectivity index (χ4n) is 2.14. The second kappa shape index (κ2) is 12.4. The van der Waals surface area contributed by atoms with Crippen molar-refractivity contribution in [1.29, 1.82) is 0 Å². The van der Waals surface area contributed by atoms with Gasteiger partial charge in [0, 0.05) is 23.6 Å². The molecule has 0 saturated heterocycles. The first-order valence-corrected chi connectivity index (χ1v) is 10.4. The zero-order valence-corrected chi connectivity index (χ0v) is 19.2. The van der Waals surface area contributed by atoms with Gasteiger partial charge in [-0.3, -0.25) is 0 Å². The molecule has 0 aliphatic rings. The number of oxime groups is 1. The minimum Gasteiger partial charge on any atom is -0.490 e. The lowest BCUT2D eigenvalue weighted by molar-refractivity contribution is 0.127. The van der Waals surface area contributed by atoms with Crippen LogP contribution in [0.5, 0.6) is 11.5 Å². The monoisotopic (exact) mass is 495 g/mol. The standard InChI is InChI=1S/C20H18Cl5NO3/c1-13(14-3-5-15(21)6-4-14)26-29-9-2-8-28-20-17(22)11-16(12-18(20)23)27-10-7-19(24)25/h3-7,11-12H,2,8-10H2,1H3. The average Bonchev–Trinajstić information content (AvgIpc) is 2.66. The molecule has 2 aromatic rings. The Kier molecular flexibility index (Phi) is 10.3. The molecule has 0 atom stereocenters. The van der Waals surface area contributed by atoms with Crippen LogP contribution in [0.3, 0.4) is 0 Å². The van der Waals surface area contributed by atoms with E-state index >= 15 is 0 Å². The van der Waals surface area contributed by atoms with Crippen molar-refractivity contribution in [2.45, 2.75) is 13.3 Å². The number of hydrogen-bond donors (Lipinski definition) is 0. The first-order chi connectivity index (χ1) is 13.9. The Morgan fingerprint density at radius 2 is 1.62 bits per heavy atom. The van der Waals surface area contributed by atoms with E-state index in [2.05, 4.69) is 5.16 Å². The van der Waals surface area contributed by atoms with Crippen molar-refractivity contribution in [2.24, 2.45) is 5.16 Å². The molecular weight excluding hydrogens is 479 g/mol. The van der Waals surface area contributed by atoms with Crippen LogP contribution in [0.25, 0.3) is 0 Å². The summed E-state index contributed by atoms with van der Waals surface area (Å²) < 4.78 is 11.2. The van der Waals surface area contributed by atoms with Crippen LogP contribution in [0.15, 0.2) is 52.1 Å². The van der Waals surface area contributed by atoms with Gasteiger partial charge in [-0.05, 0) is 30.7 Å². The van der Waals surface area contributed by atoms with Gasteiger partial charge >= 0.3 is 0 Å². The van der Waals surface area contributed by atoms with E-state index in [1.54, 1.807) is 24.3 Å². The molecule has 156 valence electrons. The van der Waals surface area contributed by atoms with Crippen molar-refractivity contribution in [3.05, 3.63) is 67.6 Å². The van der Waals surface area contributed by atoms with E-state index in [1.807, 2.05) is 19.1 Å². The highest BCUT2D eigenvalue weighted by atomic mass is 35.5. The summed E-state index contributed by atoms with van der Waals surface area (Å²) in [7, 11) is 0. The van der Waals surface area contributed by atoms with E-state index < -0.39 is 0 Å². The summed E-state index contributed by atoms with van der Waals surface area (Å²) in [5.74, 6) is 0.862. The Hall–Kier alpha value is -1.30. The van der Waals surface area contributed by atoms with Crippen molar-refractivity contribution in [3.8, 4) is 11.5 Å².